The summed E-state index contributed by atoms with van der Waals surface area (Å²) in [6.07, 6.45) is 1.55. The lowest BCUT2D eigenvalue weighted by atomic mass is 10.0. The first-order chi connectivity index (χ1) is 8.85. The topological polar surface area (TPSA) is 74.8 Å². The Hall–Kier alpha value is 0.110. The highest BCUT2D eigenvalue weighted by Gasteiger charge is 2.35. The Balaban J connectivity index is 1.99. The van der Waals surface area contributed by atoms with E-state index in [-0.39, 0.29) is 24.6 Å². The fourth-order valence-electron chi connectivity index (χ4n) is 2.38. The normalized spacial score (nSPS) is 27.4. The van der Waals surface area contributed by atoms with Gasteiger partial charge in [0, 0.05) is 32.1 Å². The van der Waals surface area contributed by atoms with E-state index in [0.29, 0.717) is 24.9 Å². The van der Waals surface area contributed by atoms with Gasteiger partial charge >= 0.3 is 0 Å². The van der Waals surface area contributed by atoms with Crippen molar-refractivity contribution in [3.8, 4) is 0 Å². The van der Waals surface area contributed by atoms with Crippen LogP contribution in [0.15, 0.2) is 0 Å². The lowest BCUT2D eigenvalue weighted by Gasteiger charge is -2.35. The van der Waals surface area contributed by atoms with Crippen molar-refractivity contribution in [2.45, 2.75) is 12.8 Å². The van der Waals surface area contributed by atoms with E-state index in [2.05, 4.69) is 0 Å². The van der Waals surface area contributed by atoms with Gasteiger partial charge in [0.05, 0.1) is 11.5 Å². The quantitative estimate of drug-likeness (QED) is 0.678. The standard InChI is InChI=1S/C10H19ClN2O4S2/c11-9-10-1-3-12(4-2-10)19(16,17)13-5-7-18(14,15)8-6-13/h10H,1-9H2. The van der Waals surface area contributed by atoms with E-state index in [1.54, 1.807) is 0 Å². The number of nitrogens with zero attached hydrogens (tertiary/aromatic N) is 2. The first-order valence-electron chi connectivity index (χ1n) is 6.37. The van der Waals surface area contributed by atoms with Crippen LogP contribution in [-0.2, 0) is 20.0 Å². The SMILES string of the molecule is O=S1(=O)CCN(S(=O)(=O)N2CCC(CCl)CC2)CC1. The summed E-state index contributed by atoms with van der Waals surface area (Å²) in [6.45, 7) is 1.09. The Morgan fingerprint density at radius 2 is 1.47 bits per heavy atom. The van der Waals surface area contributed by atoms with Crippen LogP contribution in [-0.4, -0.2) is 69.0 Å². The molecule has 0 bridgehead atoms. The second-order valence-electron chi connectivity index (χ2n) is 5.06. The lowest BCUT2D eigenvalue weighted by molar-refractivity contribution is 0.268. The molecular weight excluding hydrogens is 312 g/mol. The first kappa shape index (κ1) is 15.5. The second kappa shape index (κ2) is 5.85. The molecule has 0 atom stereocenters. The average Bonchev–Trinajstić information content (AvgIpc) is 2.38. The molecule has 2 fully saturated rings. The van der Waals surface area contributed by atoms with Crippen LogP contribution in [0.2, 0.25) is 0 Å². The first-order valence-corrected chi connectivity index (χ1v) is 10.1. The Kier molecular flexibility index (Phi) is 4.77. The van der Waals surface area contributed by atoms with Crippen LogP contribution in [0.4, 0.5) is 0 Å². The third kappa shape index (κ3) is 3.60. The highest BCUT2D eigenvalue weighted by molar-refractivity contribution is 7.91. The molecule has 9 heteroatoms. The zero-order valence-electron chi connectivity index (χ0n) is 10.7. The summed E-state index contributed by atoms with van der Waals surface area (Å²) >= 11 is 5.78. The molecule has 0 aromatic carbocycles. The van der Waals surface area contributed by atoms with Crippen LogP contribution >= 0.6 is 11.6 Å². The van der Waals surface area contributed by atoms with Crippen molar-refractivity contribution < 1.29 is 16.8 Å². The number of alkyl halides is 1. The highest BCUT2D eigenvalue weighted by atomic mass is 35.5. The fraction of sp³-hybridized carbons (Fsp3) is 1.00. The van der Waals surface area contributed by atoms with Crippen molar-refractivity contribution in [1.82, 2.24) is 8.61 Å². The molecular formula is C10H19ClN2O4S2. The van der Waals surface area contributed by atoms with Gasteiger partial charge in [0.2, 0.25) is 0 Å². The molecule has 0 aromatic rings. The molecule has 0 amide bonds. The number of halogens is 1. The van der Waals surface area contributed by atoms with Gasteiger partial charge in [0.15, 0.2) is 9.84 Å². The molecule has 0 N–H and O–H groups in total. The van der Waals surface area contributed by atoms with Gasteiger partial charge in [-0.1, -0.05) is 0 Å². The predicted molar refractivity (Wildman–Crippen MR) is 74.2 cm³/mol. The summed E-state index contributed by atoms with van der Waals surface area (Å²) in [5, 5.41) is 0. The van der Waals surface area contributed by atoms with E-state index in [1.165, 1.54) is 8.61 Å². The van der Waals surface area contributed by atoms with Crippen LogP contribution in [0.5, 0.6) is 0 Å². The fourth-order valence-corrected chi connectivity index (χ4v) is 5.77. The van der Waals surface area contributed by atoms with E-state index in [4.69, 9.17) is 11.6 Å². The molecule has 6 nitrogen and oxygen atoms in total. The van der Waals surface area contributed by atoms with Crippen molar-refractivity contribution in [3.05, 3.63) is 0 Å². The van der Waals surface area contributed by atoms with Crippen LogP contribution in [0.1, 0.15) is 12.8 Å². The molecule has 0 radical (unpaired) electrons. The van der Waals surface area contributed by atoms with E-state index >= 15 is 0 Å². The molecule has 2 saturated heterocycles. The predicted octanol–water partition coefficient (Wildman–Crippen LogP) is -0.0876. The van der Waals surface area contributed by atoms with Crippen molar-refractivity contribution >= 4 is 31.6 Å². The second-order valence-corrected chi connectivity index (χ2v) is 9.60. The van der Waals surface area contributed by atoms with E-state index in [0.717, 1.165) is 12.8 Å². The Labute approximate surface area is 119 Å². The Morgan fingerprint density at radius 1 is 1.00 bits per heavy atom. The Bertz CT molecular complexity index is 498. The minimum atomic E-state index is -3.51. The zero-order chi connectivity index (χ0) is 14.1. The summed E-state index contributed by atoms with van der Waals surface area (Å²) in [5.41, 5.74) is 0. The van der Waals surface area contributed by atoms with E-state index in [9.17, 15) is 16.8 Å². The van der Waals surface area contributed by atoms with Gasteiger partial charge < -0.3 is 0 Å². The zero-order valence-corrected chi connectivity index (χ0v) is 13.1. The minimum Gasteiger partial charge on any atom is -0.229 e. The molecule has 2 aliphatic rings. The van der Waals surface area contributed by atoms with E-state index < -0.39 is 20.0 Å². The van der Waals surface area contributed by atoms with Gasteiger partial charge in [-0.3, -0.25) is 0 Å². The lowest BCUT2D eigenvalue weighted by Crippen LogP contribution is -2.51. The van der Waals surface area contributed by atoms with Gasteiger partial charge in [0.25, 0.3) is 10.2 Å². The number of hydrogen-bond donors (Lipinski definition) is 0. The maximum atomic E-state index is 12.4. The van der Waals surface area contributed by atoms with Crippen LogP contribution in [0, 0.1) is 5.92 Å². The molecule has 19 heavy (non-hydrogen) atoms. The monoisotopic (exact) mass is 330 g/mol. The number of piperidine rings is 1. The van der Waals surface area contributed by atoms with Crippen molar-refractivity contribution in [2.75, 3.05) is 43.6 Å². The van der Waals surface area contributed by atoms with Gasteiger partial charge in [-0.25, -0.2) is 8.42 Å². The average molecular weight is 331 g/mol. The van der Waals surface area contributed by atoms with Gasteiger partial charge in [-0.2, -0.15) is 17.0 Å². The third-order valence-corrected chi connectivity index (χ3v) is 7.83. The van der Waals surface area contributed by atoms with Crippen molar-refractivity contribution in [1.29, 1.82) is 0 Å². The molecule has 112 valence electrons. The molecule has 2 aliphatic heterocycles. The summed E-state index contributed by atoms with van der Waals surface area (Å²) in [7, 11) is -6.57. The van der Waals surface area contributed by atoms with Crippen LogP contribution < -0.4 is 0 Å². The molecule has 2 heterocycles. The molecule has 0 aliphatic carbocycles. The summed E-state index contributed by atoms with van der Waals surface area (Å²) in [5.74, 6) is 0.791. The highest BCUT2D eigenvalue weighted by Crippen LogP contribution is 2.23. The number of hydrogen-bond acceptors (Lipinski definition) is 4. The van der Waals surface area contributed by atoms with Crippen molar-refractivity contribution in [2.24, 2.45) is 5.92 Å². The summed E-state index contributed by atoms with van der Waals surface area (Å²) in [4.78, 5) is 0. The maximum Gasteiger partial charge on any atom is 0.282 e. The molecule has 2 rings (SSSR count). The number of sulfone groups is 1. The van der Waals surface area contributed by atoms with Crippen LogP contribution in [0.3, 0.4) is 0 Å². The van der Waals surface area contributed by atoms with Gasteiger partial charge in [-0.15, -0.1) is 11.6 Å². The summed E-state index contributed by atoms with van der Waals surface area (Å²) in [6, 6.07) is 0. The number of rotatable bonds is 3. The molecule has 0 saturated carbocycles. The largest absolute Gasteiger partial charge is 0.282 e. The van der Waals surface area contributed by atoms with Gasteiger partial charge in [-0.05, 0) is 18.8 Å². The van der Waals surface area contributed by atoms with E-state index in [1.807, 2.05) is 0 Å². The van der Waals surface area contributed by atoms with Crippen LogP contribution in [0.25, 0.3) is 0 Å². The molecule has 0 unspecified atom stereocenters. The van der Waals surface area contributed by atoms with Gasteiger partial charge in [0.1, 0.15) is 0 Å². The molecule has 0 aromatic heterocycles. The van der Waals surface area contributed by atoms with Crippen molar-refractivity contribution in [3.63, 3.8) is 0 Å². The maximum absolute atomic E-state index is 12.4. The Morgan fingerprint density at radius 3 is 1.95 bits per heavy atom. The summed E-state index contributed by atoms with van der Waals surface area (Å²) < 4.78 is 50.1. The minimum absolute atomic E-state index is 0.0695. The third-order valence-electron chi connectivity index (χ3n) is 3.75. The molecule has 0 spiro atoms. The smallest absolute Gasteiger partial charge is 0.229 e.